The summed E-state index contributed by atoms with van der Waals surface area (Å²) in [7, 11) is 6.28. The first-order chi connectivity index (χ1) is 20.6. The SMILES string of the molecule is COc1ccc(F)c(F)c1COc1cc(-n2c(=O)[nH]c3c(OC)nc(CF)nc32)c(Cl)cc1OCC(=O)NCCN(C)C. The van der Waals surface area contributed by atoms with E-state index in [1.54, 1.807) is 0 Å². The van der Waals surface area contributed by atoms with Crippen molar-refractivity contribution < 1.29 is 36.9 Å². The summed E-state index contributed by atoms with van der Waals surface area (Å²) in [6, 6.07) is 4.70. The Bertz CT molecular complexity index is 1700. The number of hydrogen-bond acceptors (Lipinski definition) is 9. The Morgan fingerprint density at radius 3 is 2.51 bits per heavy atom. The number of halogens is 4. The van der Waals surface area contributed by atoms with Crippen molar-refractivity contribution in [3.05, 3.63) is 62.8 Å². The summed E-state index contributed by atoms with van der Waals surface area (Å²) in [5.41, 5.74) is -0.930. The molecule has 0 spiro atoms. The molecule has 0 unspecified atom stereocenters. The number of carbonyl (C=O) groups is 1. The zero-order chi connectivity index (χ0) is 31.3. The molecule has 2 aromatic heterocycles. The van der Waals surface area contributed by atoms with Gasteiger partial charge in [0.15, 0.2) is 41.2 Å². The van der Waals surface area contributed by atoms with Crippen LogP contribution >= 0.6 is 11.6 Å². The molecule has 1 amide bonds. The second-order valence-electron chi connectivity index (χ2n) is 9.27. The Balaban J connectivity index is 1.77. The molecule has 0 bridgehead atoms. The number of H-pyrrole nitrogens is 1. The predicted octanol–water partition coefficient (Wildman–Crippen LogP) is 3.16. The number of carbonyl (C=O) groups excluding carboxylic acids is 1. The molecule has 4 aromatic rings. The molecule has 12 nitrogen and oxygen atoms in total. The molecule has 2 aromatic carbocycles. The third kappa shape index (κ3) is 6.94. The number of likely N-dealkylation sites (N-methyl/N-ethyl adjacent to an activating group) is 1. The van der Waals surface area contributed by atoms with Crippen molar-refractivity contribution in [3.63, 3.8) is 0 Å². The van der Waals surface area contributed by atoms with E-state index >= 15 is 0 Å². The Labute approximate surface area is 248 Å². The number of aromatic amines is 1. The lowest BCUT2D eigenvalue weighted by Crippen LogP contribution is -2.34. The van der Waals surface area contributed by atoms with Gasteiger partial charge >= 0.3 is 5.69 Å². The summed E-state index contributed by atoms with van der Waals surface area (Å²) in [4.78, 5) is 37.9. The summed E-state index contributed by atoms with van der Waals surface area (Å²) in [6.07, 6.45) is 0. The molecule has 0 saturated heterocycles. The van der Waals surface area contributed by atoms with E-state index in [4.69, 9.17) is 30.5 Å². The molecule has 0 radical (unpaired) electrons. The van der Waals surface area contributed by atoms with Crippen LogP contribution in [0.2, 0.25) is 5.02 Å². The summed E-state index contributed by atoms with van der Waals surface area (Å²) in [5, 5.41) is 2.65. The van der Waals surface area contributed by atoms with Gasteiger partial charge in [0.1, 0.15) is 24.5 Å². The molecule has 4 rings (SSSR count). The highest BCUT2D eigenvalue weighted by atomic mass is 35.5. The third-order valence-electron chi connectivity index (χ3n) is 6.10. The van der Waals surface area contributed by atoms with Crippen LogP contribution < -0.4 is 30.0 Å². The maximum absolute atomic E-state index is 14.7. The van der Waals surface area contributed by atoms with Gasteiger partial charge in [0.25, 0.3) is 5.91 Å². The summed E-state index contributed by atoms with van der Waals surface area (Å²) < 4.78 is 65.1. The highest BCUT2D eigenvalue weighted by molar-refractivity contribution is 6.32. The van der Waals surface area contributed by atoms with Crippen LogP contribution in [0.3, 0.4) is 0 Å². The largest absolute Gasteiger partial charge is 0.496 e. The number of fused-ring (bicyclic) bond motifs is 1. The number of amides is 1. The van der Waals surface area contributed by atoms with Gasteiger partial charge in [-0.2, -0.15) is 4.98 Å². The van der Waals surface area contributed by atoms with E-state index < -0.39 is 43.1 Å². The van der Waals surface area contributed by atoms with E-state index in [0.717, 1.165) is 10.6 Å². The number of imidazole rings is 1. The fourth-order valence-corrected chi connectivity index (χ4v) is 4.26. The van der Waals surface area contributed by atoms with Crippen LogP contribution in [0, 0.1) is 11.6 Å². The van der Waals surface area contributed by atoms with Crippen LogP contribution in [-0.4, -0.2) is 78.3 Å². The molecule has 0 aliphatic carbocycles. The highest BCUT2D eigenvalue weighted by Crippen LogP contribution is 2.37. The van der Waals surface area contributed by atoms with E-state index in [1.807, 2.05) is 19.0 Å². The Morgan fingerprint density at radius 1 is 1.09 bits per heavy atom. The van der Waals surface area contributed by atoms with Gasteiger partial charge in [0.2, 0.25) is 5.88 Å². The van der Waals surface area contributed by atoms with Gasteiger partial charge in [0, 0.05) is 25.2 Å². The Kier molecular flexibility index (Phi) is 9.98. The second-order valence-corrected chi connectivity index (χ2v) is 9.68. The van der Waals surface area contributed by atoms with Crippen LogP contribution in [0.4, 0.5) is 13.2 Å². The van der Waals surface area contributed by atoms with E-state index in [9.17, 15) is 22.8 Å². The fourth-order valence-electron chi connectivity index (χ4n) is 4.02. The van der Waals surface area contributed by atoms with Gasteiger partial charge in [-0.3, -0.25) is 9.78 Å². The number of aromatic nitrogens is 4. The zero-order valence-electron chi connectivity index (χ0n) is 23.6. The average Bonchev–Trinajstić information content (AvgIpc) is 3.31. The number of rotatable bonds is 13. The maximum atomic E-state index is 14.7. The number of benzene rings is 2. The van der Waals surface area contributed by atoms with Gasteiger partial charge in [-0.25, -0.2) is 27.5 Å². The first-order valence-corrected chi connectivity index (χ1v) is 13.1. The van der Waals surface area contributed by atoms with Crippen molar-refractivity contribution in [1.29, 1.82) is 0 Å². The molecular formula is C27H28ClF3N6O6. The molecule has 0 fully saturated rings. The number of alkyl halides is 1. The van der Waals surface area contributed by atoms with Gasteiger partial charge in [0.05, 0.1) is 30.5 Å². The zero-order valence-corrected chi connectivity index (χ0v) is 24.4. The van der Waals surface area contributed by atoms with Crippen LogP contribution in [0.15, 0.2) is 29.1 Å². The van der Waals surface area contributed by atoms with Gasteiger partial charge in [-0.1, -0.05) is 11.6 Å². The molecule has 16 heteroatoms. The number of nitrogens with zero attached hydrogens (tertiary/aromatic N) is 4. The first kappa shape index (κ1) is 31.4. The van der Waals surface area contributed by atoms with E-state index in [-0.39, 0.29) is 56.4 Å². The van der Waals surface area contributed by atoms with Crippen molar-refractivity contribution in [3.8, 4) is 28.8 Å². The second kappa shape index (κ2) is 13.6. The maximum Gasteiger partial charge on any atom is 0.332 e. The number of nitrogens with one attached hydrogen (secondary N) is 2. The van der Waals surface area contributed by atoms with Crippen molar-refractivity contribution in [2.75, 3.05) is 48.0 Å². The van der Waals surface area contributed by atoms with Gasteiger partial charge < -0.3 is 29.2 Å². The molecule has 230 valence electrons. The fraction of sp³-hybridized carbons (Fsp3) is 0.333. The molecule has 0 atom stereocenters. The minimum absolute atomic E-state index is 0.00735. The summed E-state index contributed by atoms with van der Waals surface area (Å²) in [6.45, 7) is -1.05. The monoisotopic (exact) mass is 624 g/mol. The molecule has 0 saturated carbocycles. The van der Waals surface area contributed by atoms with Crippen LogP contribution in [-0.2, 0) is 18.1 Å². The molecule has 43 heavy (non-hydrogen) atoms. The van der Waals surface area contributed by atoms with Gasteiger partial charge in [-0.05, 0) is 26.2 Å². The summed E-state index contributed by atoms with van der Waals surface area (Å²) in [5.74, 6) is -3.20. The first-order valence-electron chi connectivity index (χ1n) is 12.7. The molecule has 0 aliphatic heterocycles. The third-order valence-corrected chi connectivity index (χ3v) is 6.40. The van der Waals surface area contributed by atoms with E-state index in [1.165, 1.54) is 32.4 Å². The molecule has 2 heterocycles. The smallest absolute Gasteiger partial charge is 0.332 e. The molecular weight excluding hydrogens is 597 g/mol. The van der Waals surface area contributed by atoms with Crippen LogP contribution in [0.25, 0.3) is 16.9 Å². The van der Waals surface area contributed by atoms with Crippen molar-refractivity contribution in [1.82, 2.24) is 29.7 Å². The minimum atomic E-state index is -1.19. The summed E-state index contributed by atoms with van der Waals surface area (Å²) >= 11 is 6.56. The number of ether oxygens (including phenoxy) is 4. The molecule has 2 N–H and O–H groups in total. The van der Waals surface area contributed by atoms with Gasteiger partial charge in [-0.15, -0.1) is 0 Å². The lowest BCUT2D eigenvalue weighted by Gasteiger charge is -2.17. The quantitative estimate of drug-likeness (QED) is 0.230. The lowest BCUT2D eigenvalue weighted by molar-refractivity contribution is -0.123. The number of methoxy groups -OCH3 is 2. The number of hydrogen-bond donors (Lipinski definition) is 2. The lowest BCUT2D eigenvalue weighted by atomic mass is 10.2. The highest BCUT2D eigenvalue weighted by Gasteiger charge is 2.23. The van der Waals surface area contributed by atoms with Crippen LogP contribution in [0.1, 0.15) is 11.4 Å². The molecule has 0 aliphatic rings. The topological polar surface area (TPSA) is 133 Å². The Morgan fingerprint density at radius 2 is 1.84 bits per heavy atom. The van der Waals surface area contributed by atoms with E-state index in [0.29, 0.717) is 13.1 Å². The van der Waals surface area contributed by atoms with Crippen LogP contribution in [0.5, 0.6) is 23.1 Å². The van der Waals surface area contributed by atoms with Crippen molar-refractivity contribution >= 4 is 28.7 Å². The predicted molar refractivity (Wildman–Crippen MR) is 150 cm³/mol. The van der Waals surface area contributed by atoms with Crippen molar-refractivity contribution in [2.24, 2.45) is 0 Å². The van der Waals surface area contributed by atoms with E-state index in [2.05, 4.69) is 20.3 Å². The average molecular weight is 625 g/mol. The van der Waals surface area contributed by atoms with Crippen molar-refractivity contribution in [2.45, 2.75) is 13.3 Å². The normalized spacial score (nSPS) is 11.2. The standard InChI is InChI=1S/C27H28ClF3N6O6/c1-36(2)8-7-32-22(38)13-43-19-9-15(28)17(10-20(19)42-12-14-18(40-3)6-5-16(30)23(14)31)37-25-24(35-27(37)39)26(41-4)34-21(11-29)33-25/h5-6,9-10H,7-8,11-13H2,1-4H3,(H,32,38)(H,35,39). The minimum Gasteiger partial charge on any atom is -0.496 e. The Hall–Kier alpha value is -4.50.